The van der Waals surface area contributed by atoms with Crippen LogP contribution in [0.3, 0.4) is 0 Å². The molecule has 2 heterocycles. The summed E-state index contributed by atoms with van der Waals surface area (Å²) in [7, 11) is -1.50. The first-order valence-electron chi connectivity index (χ1n) is 9.38. The normalized spacial score (nSPS) is 17.5. The molecule has 0 spiro atoms. The van der Waals surface area contributed by atoms with E-state index in [0.29, 0.717) is 23.7 Å². The van der Waals surface area contributed by atoms with Crippen molar-refractivity contribution in [3.63, 3.8) is 0 Å². The van der Waals surface area contributed by atoms with Gasteiger partial charge in [-0.25, -0.2) is 8.42 Å². The Bertz CT molecular complexity index is 793. The fraction of sp³-hybridized carbons (Fsp3) is 0.611. The molecule has 1 aromatic rings. The molecule has 0 bridgehead atoms. The molecule has 2 aliphatic rings. The van der Waals surface area contributed by atoms with Gasteiger partial charge in [-0.05, 0) is 32.1 Å². The van der Waals surface area contributed by atoms with Crippen LogP contribution in [-0.2, 0) is 14.8 Å². The van der Waals surface area contributed by atoms with Gasteiger partial charge < -0.3 is 24.6 Å². The maximum Gasteiger partial charge on any atom is 0.240 e. The van der Waals surface area contributed by atoms with Crippen molar-refractivity contribution in [3.8, 4) is 11.5 Å². The summed E-state index contributed by atoms with van der Waals surface area (Å²) < 4.78 is 36.0. The van der Waals surface area contributed by atoms with Crippen LogP contribution in [0.15, 0.2) is 18.2 Å². The molecule has 1 N–H and O–H groups in total. The zero-order valence-corrected chi connectivity index (χ0v) is 17.2. The number of benzene rings is 1. The van der Waals surface area contributed by atoms with Gasteiger partial charge in [-0.2, -0.15) is 0 Å². The van der Waals surface area contributed by atoms with Crippen LogP contribution >= 0.6 is 0 Å². The molecule has 3 rings (SSSR count). The second-order valence-electron chi connectivity index (χ2n) is 7.16. The minimum Gasteiger partial charge on any atom is -0.454 e. The summed E-state index contributed by atoms with van der Waals surface area (Å²) in [5, 5.41) is 2.82. The summed E-state index contributed by atoms with van der Waals surface area (Å²) in [5.74, 6) is 0.700. The highest BCUT2D eigenvalue weighted by Gasteiger charge is 2.23. The lowest BCUT2D eigenvalue weighted by molar-refractivity contribution is -0.119. The minimum absolute atomic E-state index is 0.103. The molecule has 0 aromatic heterocycles. The number of anilines is 1. The number of hydrogen-bond donors (Lipinski definition) is 1. The second kappa shape index (κ2) is 8.97. The molecular formula is C18H28N4O5S. The van der Waals surface area contributed by atoms with Crippen LogP contribution in [-0.4, -0.2) is 90.0 Å². The highest BCUT2D eigenvalue weighted by molar-refractivity contribution is 7.92. The summed E-state index contributed by atoms with van der Waals surface area (Å²) in [6.07, 6.45) is 1.91. The number of piperazine rings is 1. The Kier molecular flexibility index (Phi) is 6.63. The van der Waals surface area contributed by atoms with E-state index in [1.54, 1.807) is 18.2 Å². The summed E-state index contributed by atoms with van der Waals surface area (Å²) in [6, 6.07) is 4.82. The molecule has 10 heteroatoms. The van der Waals surface area contributed by atoms with Crippen molar-refractivity contribution in [1.82, 2.24) is 15.1 Å². The van der Waals surface area contributed by atoms with Gasteiger partial charge in [0.1, 0.15) is 6.54 Å². The summed E-state index contributed by atoms with van der Waals surface area (Å²) in [5.41, 5.74) is 0.374. The van der Waals surface area contributed by atoms with E-state index in [4.69, 9.17) is 9.47 Å². The first-order chi connectivity index (χ1) is 13.3. The van der Waals surface area contributed by atoms with E-state index in [9.17, 15) is 13.2 Å². The number of nitrogens with one attached hydrogen (secondary N) is 1. The van der Waals surface area contributed by atoms with Crippen LogP contribution in [0.2, 0.25) is 0 Å². The van der Waals surface area contributed by atoms with Crippen LogP contribution < -0.4 is 19.1 Å². The van der Waals surface area contributed by atoms with Crippen LogP contribution in [0.4, 0.5) is 5.69 Å². The van der Waals surface area contributed by atoms with E-state index >= 15 is 0 Å². The highest BCUT2D eigenvalue weighted by atomic mass is 32.2. The Morgan fingerprint density at radius 3 is 2.61 bits per heavy atom. The van der Waals surface area contributed by atoms with E-state index in [1.165, 1.54) is 0 Å². The minimum atomic E-state index is -3.62. The average molecular weight is 413 g/mol. The third-order valence-corrected chi connectivity index (χ3v) is 6.04. The number of amides is 1. The molecule has 9 nitrogen and oxygen atoms in total. The largest absolute Gasteiger partial charge is 0.454 e. The van der Waals surface area contributed by atoms with Gasteiger partial charge in [0.25, 0.3) is 0 Å². The Balaban J connectivity index is 1.50. The fourth-order valence-corrected chi connectivity index (χ4v) is 4.08. The predicted octanol–water partition coefficient (Wildman–Crippen LogP) is -0.0650. The Morgan fingerprint density at radius 2 is 1.89 bits per heavy atom. The van der Waals surface area contributed by atoms with Gasteiger partial charge in [0, 0.05) is 38.8 Å². The van der Waals surface area contributed by atoms with Crippen molar-refractivity contribution in [2.45, 2.75) is 6.42 Å². The number of carbonyl (C=O) groups is 1. The number of rotatable bonds is 8. The van der Waals surface area contributed by atoms with Crippen LogP contribution in [0.5, 0.6) is 11.5 Å². The molecular weight excluding hydrogens is 384 g/mol. The zero-order valence-electron chi connectivity index (χ0n) is 16.4. The van der Waals surface area contributed by atoms with Gasteiger partial charge in [-0.15, -0.1) is 0 Å². The van der Waals surface area contributed by atoms with E-state index in [2.05, 4.69) is 22.2 Å². The van der Waals surface area contributed by atoms with E-state index in [-0.39, 0.29) is 19.2 Å². The monoisotopic (exact) mass is 412 g/mol. The number of likely N-dealkylation sites (N-methyl/N-ethyl adjacent to an activating group) is 1. The van der Waals surface area contributed by atoms with E-state index in [0.717, 1.165) is 49.7 Å². The molecule has 1 saturated heterocycles. The van der Waals surface area contributed by atoms with Crippen molar-refractivity contribution >= 4 is 21.6 Å². The number of hydrogen-bond acceptors (Lipinski definition) is 7. The SMILES string of the molecule is CN1CCN(CCCNC(=O)CN(c2ccc3c(c2)OCO3)S(C)(=O)=O)CC1. The molecule has 28 heavy (non-hydrogen) atoms. The number of fused-ring (bicyclic) bond motifs is 1. The number of carbonyl (C=O) groups excluding carboxylic acids is 1. The molecule has 0 saturated carbocycles. The van der Waals surface area contributed by atoms with Crippen LogP contribution in [0, 0.1) is 0 Å². The lowest BCUT2D eigenvalue weighted by Crippen LogP contribution is -2.45. The average Bonchev–Trinajstić information content (AvgIpc) is 3.11. The maximum atomic E-state index is 12.3. The van der Waals surface area contributed by atoms with E-state index in [1.807, 2.05) is 0 Å². The van der Waals surface area contributed by atoms with Crippen molar-refractivity contribution in [3.05, 3.63) is 18.2 Å². The summed E-state index contributed by atoms with van der Waals surface area (Å²) >= 11 is 0. The summed E-state index contributed by atoms with van der Waals surface area (Å²) in [6.45, 7) is 5.47. The highest BCUT2D eigenvalue weighted by Crippen LogP contribution is 2.35. The molecule has 156 valence electrons. The van der Waals surface area contributed by atoms with Gasteiger partial charge in [0.15, 0.2) is 11.5 Å². The van der Waals surface area contributed by atoms with Crippen molar-refractivity contribution in [2.75, 3.05) is 70.2 Å². The van der Waals surface area contributed by atoms with Crippen LogP contribution in [0.1, 0.15) is 6.42 Å². The lowest BCUT2D eigenvalue weighted by atomic mass is 10.2. The van der Waals surface area contributed by atoms with Crippen molar-refractivity contribution < 1.29 is 22.7 Å². The quantitative estimate of drug-likeness (QED) is 0.598. The molecule has 2 aliphatic heterocycles. The molecule has 0 unspecified atom stereocenters. The third kappa shape index (κ3) is 5.49. The van der Waals surface area contributed by atoms with Gasteiger partial charge in [-0.3, -0.25) is 9.10 Å². The molecule has 0 radical (unpaired) electrons. The first-order valence-corrected chi connectivity index (χ1v) is 11.2. The summed E-state index contributed by atoms with van der Waals surface area (Å²) in [4.78, 5) is 17.0. The third-order valence-electron chi connectivity index (χ3n) is 4.90. The number of ether oxygens (including phenoxy) is 2. The van der Waals surface area contributed by atoms with Gasteiger partial charge in [0.05, 0.1) is 11.9 Å². The Hall–Kier alpha value is -2.04. The van der Waals surface area contributed by atoms with Crippen molar-refractivity contribution in [2.24, 2.45) is 0 Å². The molecule has 0 aliphatic carbocycles. The Labute approximate surface area is 166 Å². The van der Waals surface area contributed by atoms with Crippen LogP contribution in [0.25, 0.3) is 0 Å². The van der Waals surface area contributed by atoms with Crippen molar-refractivity contribution in [1.29, 1.82) is 0 Å². The number of sulfonamides is 1. The predicted molar refractivity (Wildman–Crippen MR) is 106 cm³/mol. The standard InChI is InChI=1S/C18H28N4O5S/c1-20-8-10-21(11-9-20)7-3-6-19-18(23)13-22(28(2,24)25)15-4-5-16-17(12-15)27-14-26-16/h4-5,12H,3,6-11,13-14H2,1-2H3,(H,19,23). The maximum absolute atomic E-state index is 12.3. The van der Waals surface area contributed by atoms with E-state index < -0.39 is 10.0 Å². The second-order valence-corrected chi connectivity index (χ2v) is 9.06. The topological polar surface area (TPSA) is 91.4 Å². The molecule has 1 fully saturated rings. The smallest absolute Gasteiger partial charge is 0.240 e. The zero-order chi connectivity index (χ0) is 20.1. The molecule has 1 amide bonds. The van der Waals surface area contributed by atoms with Gasteiger partial charge in [0.2, 0.25) is 22.7 Å². The first kappa shape index (κ1) is 20.7. The molecule has 0 atom stereocenters. The lowest BCUT2D eigenvalue weighted by Gasteiger charge is -2.32. The van der Waals surface area contributed by atoms with Gasteiger partial charge in [-0.1, -0.05) is 0 Å². The fourth-order valence-electron chi connectivity index (χ4n) is 3.23. The Morgan fingerprint density at radius 1 is 1.18 bits per heavy atom. The molecule has 1 aromatic carbocycles. The van der Waals surface area contributed by atoms with Gasteiger partial charge >= 0.3 is 0 Å². The number of nitrogens with zero attached hydrogens (tertiary/aromatic N) is 3.